The number of nitrogens with zero attached hydrogens (tertiary/aromatic N) is 2. The van der Waals surface area contributed by atoms with Crippen molar-refractivity contribution in [3.63, 3.8) is 0 Å². The van der Waals surface area contributed by atoms with Gasteiger partial charge in [-0.1, -0.05) is 140 Å². The SMILES string of the molecule is c1ccc(N(c2ccc(-c3cccc4ccccc34)cc2)c2ccccc2-c2cccc3c2c2ccccc2n3-c2ccccc2)cc1. The van der Waals surface area contributed by atoms with Gasteiger partial charge in [0.05, 0.1) is 16.7 Å². The van der Waals surface area contributed by atoms with Crippen molar-refractivity contribution in [1.29, 1.82) is 0 Å². The highest BCUT2D eigenvalue weighted by atomic mass is 15.1. The summed E-state index contributed by atoms with van der Waals surface area (Å²) in [5.74, 6) is 0. The topological polar surface area (TPSA) is 8.17 Å². The van der Waals surface area contributed by atoms with E-state index in [1.54, 1.807) is 0 Å². The van der Waals surface area contributed by atoms with Gasteiger partial charge in [0, 0.05) is 33.4 Å². The third-order valence-electron chi connectivity index (χ3n) is 9.39. The van der Waals surface area contributed by atoms with Gasteiger partial charge in [-0.15, -0.1) is 0 Å². The van der Waals surface area contributed by atoms with Crippen molar-refractivity contribution < 1.29 is 0 Å². The smallest absolute Gasteiger partial charge is 0.0547 e. The van der Waals surface area contributed by atoms with Gasteiger partial charge in [-0.2, -0.15) is 0 Å². The molecule has 0 N–H and O–H groups in total. The maximum absolute atomic E-state index is 2.39. The molecule has 1 aromatic heterocycles. The molecule has 0 saturated carbocycles. The molecule has 0 aliphatic carbocycles. The Bertz CT molecular complexity index is 2540. The fourth-order valence-electron chi connectivity index (χ4n) is 7.27. The van der Waals surface area contributed by atoms with Crippen LogP contribution in [0.15, 0.2) is 194 Å². The zero-order valence-electron chi connectivity index (χ0n) is 26.4. The lowest BCUT2D eigenvalue weighted by Crippen LogP contribution is -2.11. The Morgan fingerprint density at radius 2 is 0.917 bits per heavy atom. The Hall–Kier alpha value is -6.38. The van der Waals surface area contributed by atoms with Crippen molar-refractivity contribution in [1.82, 2.24) is 4.57 Å². The second-order valence-electron chi connectivity index (χ2n) is 12.1. The van der Waals surface area contributed by atoms with E-state index in [0.29, 0.717) is 0 Å². The van der Waals surface area contributed by atoms with E-state index in [0.717, 1.165) is 22.7 Å². The summed E-state index contributed by atoms with van der Waals surface area (Å²) in [6.45, 7) is 0. The molecule has 0 radical (unpaired) electrons. The first-order valence-electron chi connectivity index (χ1n) is 16.5. The molecule has 0 aliphatic heterocycles. The Balaban J connectivity index is 1.24. The summed E-state index contributed by atoms with van der Waals surface area (Å²) in [6, 6.07) is 69.8. The molecular formula is C46H32N2. The zero-order chi connectivity index (χ0) is 31.9. The Morgan fingerprint density at radius 3 is 1.75 bits per heavy atom. The van der Waals surface area contributed by atoms with Crippen LogP contribution in [0.3, 0.4) is 0 Å². The molecule has 48 heavy (non-hydrogen) atoms. The fraction of sp³-hybridized carbons (Fsp3) is 0. The van der Waals surface area contributed by atoms with E-state index in [4.69, 9.17) is 0 Å². The molecule has 0 unspecified atom stereocenters. The highest BCUT2D eigenvalue weighted by Crippen LogP contribution is 2.45. The van der Waals surface area contributed by atoms with Crippen molar-refractivity contribution in [3.8, 4) is 27.9 Å². The summed E-state index contributed by atoms with van der Waals surface area (Å²) in [4.78, 5) is 2.39. The molecule has 0 bridgehead atoms. The zero-order valence-corrected chi connectivity index (χ0v) is 26.4. The monoisotopic (exact) mass is 612 g/mol. The number of hydrogen-bond donors (Lipinski definition) is 0. The quantitative estimate of drug-likeness (QED) is 0.181. The van der Waals surface area contributed by atoms with E-state index in [9.17, 15) is 0 Å². The fourth-order valence-corrected chi connectivity index (χ4v) is 7.27. The number of para-hydroxylation sites is 4. The van der Waals surface area contributed by atoms with Gasteiger partial charge in [-0.3, -0.25) is 0 Å². The molecule has 226 valence electrons. The van der Waals surface area contributed by atoms with E-state index < -0.39 is 0 Å². The predicted octanol–water partition coefficient (Wildman–Crippen LogP) is 12.7. The van der Waals surface area contributed by atoms with Crippen molar-refractivity contribution >= 4 is 49.6 Å². The lowest BCUT2D eigenvalue weighted by Gasteiger charge is -2.28. The molecular weight excluding hydrogens is 581 g/mol. The van der Waals surface area contributed by atoms with Crippen LogP contribution in [0, 0.1) is 0 Å². The molecule has 9 aromatic rings. The third-order valence-corrected chi connectivity index (χ3v) is 9.39. The first-order valence-corrected chi connectivity index (χ1v) is 16.5. The first kappa shape index (κ1) is 27.9. The Morgan fingerprint density at radius 1 is 0.354 bits per heavy atom. The van der Waals surface area contributed by atoms with Gasteiger partial charge in [0.15, 0.2) is 0 Å². The summed E-state index contributed by atoms with van der Waals surface area (Å²) >= 11 is 0. The summed E-state index contributed by atoms with van der Waals surface area (Å²) in [5, 5.41) is 5.01. The van der Waals surface area contributed by atoms with Gasteiger partial charge in [0.25, 0.3) is 0 Å². The van der Waals surface area contributed by atoms with Gasteiger partial charge in [0.2, 0.25) is 0 Å². The van der Waals surface area contributed by atoms with Gasteiger partial charge < -0.3 is 9.47 Å². The molecule has 0 saturated heterocycles. The lowest BCUT2D eigenvalue weighted by atomic mass is 9.96. The Labute approximate surface area is 280 Å². The number of anilines is 3. The van der Waals surface area contributed by atoms with Crippen LogP contribution >= 0.6 is 0 Å². The molecule has 1 heterocycles. The van der Waals surface area contributed by atoms with Crippen molar-refractivity contribution in [2.75, 3.05) is 4.90 Å². The molecule has 0 atom stereocenters. The predicted molar refractivity (Wildman–Crippen MR) is 204 cm³/mol. The lowest BCUT2D eigenvalue weighted by molar-refractivity contribution is 1.18. The van der Waals surface area contributed by atoms with Gasteiger partial charge in [-0.05, 0) is 82.1 Å². The standard InChI is InChI=1S/C46H32N2/c1-3-17-35(18-4-1)47(37-31-29-34(30-32-37)39-24-13-16-33-15-7-8-21-38(33)39)43-26-11-9-22-40(43)41-25-14-28-45-46(41)42-23-10-12-27-44(42)48(45)36-19-5-2-6-20-36/h1-32H. The summed E-state index contributed by atoms with van der Waals surface area (Å²) in [5.41, 5.74) is 11.7. The van der Waals surface area contributed by atoms with Crippen LogP contribution in [-0.4, -0.2) is 4.57 Å². The minimum absolute atomic E-state index is 1.11. The van der Waals surface area contributed by atoms with Crippen LogP contribution in [0.1, 0.15) is 0 Å². The van der Waals surface area contributed by atoms with Crippen molar-refractivity contribution in [3.05, 3.63) is 194 Å². The second-order valence-corrected chi connectivity index (χ2v) is 12.1. The van der Waals surface area contributed by atoms with E-state index >= 15 is 0 Å². The highest BCUT2D eigenvalue weighted by molar-refractivity contribution is 6.17. The minimum Gasteiger partial charge on any atom is -0.310 e. The third kappa shape index (κ3) is 4.66. The number of fused-ring (bicyclic) bond motifs is 4. The maximum Gasteiger partial charge on any atom is 0.0547 e. The number of rotatable bonds is 6. The number of aromatic nitrogens is 1. The molecule has 8 aromatic carbocycles. The van der Waals surface area contributed by atoms with Gasteiger partial charge in [-0.25, -0.2) is 0 Å². The molecule has 0 aliphatic rings. The highest BCUT2D eigenvalue weighted by Gasteiger charge is 2.21. The van der Waals surface area contributed by atoms with Crippen LogP contribution < -0.4 is 4.90 Å². The normalized spacial score (nSPS) is 11.3. The number of benzene rings is 8. The summed E-state index contributed by atoms with van der Waals surface area (Å²) in [6.07, 6.45) is 0. The molecule has 2 heteroatoms. The van der Waals surface area contributed by atoms with Crippen LogP contribution in [0.2, 0.25) is 0 Å². The Kier molecular flexibility index (Phi) is 6.84. The van der Waals surface area contributed by atoms with Crippen LogP contribution in [0.5, 0.6) is 0 Å². The molecule has 0 spiro atoms. The van der Waals surface area contributed by atoms with Crippen molar-refractivity contribution in [2.45, 2.75) is 0 Å². The molecule has 0 fully saturated rings. The average molecular weight is 613 g/mol. The van der Waals surface area contributed by atoms with E-state index in [-0.39, 0.29) is 0 Å². The summed E-state index contributed by atoms with van der Waals surface area (Å²) < 4.78 is 2.39. The molecule has 2 nitrogen and oxygen atoms in total. The second kappa shape index (κ2) is 11.8. The largest absolute Gasteiger partial charge is 0.310 e. The minimum atomic E-state index is 1.11. The average Bonchev–Trinajstić information content (AvgIpc) is 3.51. The van der Waals surface area contributed by atoms with Crippen LogP contribution in [0.25, 0.3) is 60.5 Å². The summed E-state index contributed by atoms with van der Waals surface area (Å²) in [7, 11) is 0. The van der Waals surface area contributed by atoms with E-state index in [2.05, 4.69) is 204 Å². The number of hydrogen-bond acceptors (Lipinski definition) is 1. The van der Waals surface area contributed by atoms with E-state index in [1.807, 2.05) is 0 Å². The van der Waals surface area contributed by atoms with Gasteiger partial charge >= 0.3 is 0 Å². The van der Waals surface area contributed by atoms with Crippen LogP contribution in [0.4, 0.5) is 17.1 Å². The molecule has 9 rings (SSSR count). The van der Waals surface area contributed by atoms with Crippen LogP contribution in [-0.2, 0) is 0 Å². The van der Waals surface area contributed by atoms with Gasteiger partial charge in [0.1, 0.15) is 0 Å². The van der Waals surface area contributed by atoms with Crippen molar-refractivity contribution in [2.24, 2.45) is 0 Å². The van der Waals surface area contributed by atoms with E-state index in [1.165, 1.54) is 54.8 Å². The maximum atomic E-state index is 2.39. The molecule has 0 amide bonds. The first-order chi connectivity index (χ1) is 23.8.